The molecule has 0 aliphatic rings. The lowest BCUT2D eigenvalue weighted by atomic mass is 10.1. The monoisotopic (exact) mass is 552 g/mol. The smallest absolute Gasteiger partial charge is 0.481 e. The van der Waals surface area contributed by atoms with Crippen molar-refractivity contribution in [1.82, 2.24) is 14.7 Å². The van der Waals surface area contributed by atoms with Gasteiger partial charge in [-0.3, -0.25) is 4.79 Å². The fourth-order valence-corrected chi connectivity index (χ4v) is 4.79. The summed E-state index contributed by atoms with van der Waals surface area (Å²) >= 11 is 0. The molecule has 0 unspecified atom stereocenters. The maximum atomic E-state index is 12.9. The summed E-state index contributed by atoms with van der Waals surface area (Å²) in [7, 11) is -3.96. The van der Waals surface area contributed by atoms with Crippen LogP contribution in [-0.2, 0) is 34.2 Å². The molecule has 13 heteroatoms. The van der Waals surface area contributed by atoms with Crippen LogP contribution >= 0.6 is 0 Å². The zero-order chi connectivity index (χ0) is 27.9. The van der Waals surface area contributed by atoms with Crippen molar-refractivity contribution in [2.45, 2.75) is 44.5 Å². The first kappa shape index (κ1) is 28.9. The van der Waals surface area contributed by atoms with Gasteiger partial charge in [0, 0.05) is 32.0 Å². The van der Waals surface area contributed by atoms with Gasteiger partial charge in [0.25, 0.3) is 0 Å². The molecule has 1 aromatic heterocycles. The van der Waals surface area contributed by atoms with E-state index in [1.165, 1.54) is 36.4 Å². The van der Waals surface area contributed by atoms with E-state index in [-0.39, 0.29) is 36.7 Å². The van der Waals surface area contributed by atoms with Gasteiger partial charge >= 0.3 is 12.3 Å². The van der Waals surface area contributed by atoms with E-state index >= 15 is 0 Å². The summed E-state index contributed by atoms with van der Waals surface area (Å²) in [6.45, 7) is 3.90. The minimum Gasteiger partial charge on any atom is -0.481 e. The van der Waals surface area contributed by atoms with Crippen LogP contribution < -0.4 is 14.4 Å². The normalized spacial score (nSPS) is 11.8. The van der Waals surface area contributed by atoms with Crippen molar-refractivity contribution in [3.63, 3.8) is 0 Å². The van der Waals surface area contributed by atoms with Crippen LogP contribution in [0, 0.1) is 6.92 Å². The third-order valence-electron chi connectivity index (χ3n) is 5.36. The Bertz CT molecular complexity index is 1350. The number of hydrogen-bond donors (Lipinski definition) is 2. The van der Waals surface area contributed by atoms with Gasteiger partial charge in [0.2, 0.25) is 16.0 Å². The molecule has 0 atom stereocenters. The number of aliphatic carboxylic acids is 1. The van der Waals surface area contributed by atoms with Crippen LogP contribution in [0.2, 0.25) is 0 Å². The van der Waals surface area contributed by atoms with Gasteiger partial charge in [0.05, 0.1) is 11.3 Å². The number of aryl methyl sites for hydroxylation is 2. The maximum absolute atomic E-state index is 12.9. The van der Waals surface area contributed by atoms with E-state index in [0.717, 1.165) is 12.0 Å². The molecule has 0 aliphatic heterocycles. The lowest BCUT2D eigenvalue weighted by Gasteiger charge is -2.23. The maximum Gasteiger partial charge on any atom is 0.573 e. The van der Waals surface area contributed by atoms with Crippen LogP contribution in [0.25, 0.3) is 0 Å². The Morgan fingerprint density at radius 3 is 2.29 bits per heavy atom. The van der Waals surface area contributed by atoms with Crippen LogP contribution in [0.15, 0.2) is 59.8 Å². The van der Waals surface area contributed by atoms with Crippen molar-refractivity contribution < 1.29 is 36.2 Å². The molecule has 0 aliphatic carbocycles. The summed E-state index contributed by atoms with van der Waals surface area (Å²) in [5.41, 5.74) is 2.50. The molecule has 2 aromatic carbocycles. The van der Waals surface area contributed by atoms with Crippen molar-refractivity contribution in [2.75, 3.05) is 18.0 Å². The number of sulfonamides is 1. The highest BCUT2D eigenvalue weighted by Gasteiger charge is 2.31. The molecule has 38 heavy (non-hydrogen) atoms. The lowest BCUT2D eigenvalue weighted by Crippen LogP contribution is -2.35. The topological polar surface area (TPSA) is 122 Å². The predicted molar refractivity (Wildman–Crippen MR) is 133 cm³/mol. The van der Waals surface area contributed by atoms with E-state index < -0.39 is 22.4 Å². The number of carbonyl (C=O) groups is 1. The van der Waals surface area contributed by atoms with Crippen LogP contribution in [0.4, 0.5) is 19.1 Å². The van der Waals surface area contributed by atoms with Gasteiger partial charge in [-0.25, -0.2) is 23.1 Å². The van der Waals surface area contributed by atoms with Gasteiger partial charge in [0.1, 0.15) is 5.75 Å². The summed E-state index contributed by atoms with van der Waals surface area (Å²) in [5.74, 6) is -1.12. The Morgan fingerprint density at radius 2 is 1.71 bits per heavy atom. The Balaban J connectivity index is 1.75. The van der Waals surface area contributed by atoms with Gasteiger partial charge in [-0.15, -0.1) is 13.2 Å². The number of hydrogen-bond acceptors (Lipinski definition) is 7. The number of ether oxygens (including phenoxy) is 1. The summed E-state index contributed by atoms with van der Waals surface area (Å²) in [4.78, 5) is 21.4. The first-order valence-electron chi connectivity index (χ1n) is 11.6. The van der Waals surface area contributed by atoms with E-state index in [1.807, 2.05) is 6.92 Å². The number of halogens is 3. The van der Waals surface area contributed by atoms with Gasteiger partial charge in [-0.05, 0) is 59.9 Å². The van der Waals surface area contributed by atoms with Crippen LogP contribution in [0.5, 0.6) is 5.75 Å². The van der Waals surface area contributed by atoms with Gasteiger partial charge in [-0.1, -0.05) is 25.1 Å². The van der Waals surface area contributed by atoms with Crippen LogP contribution in [0.3, 0.4) is 0 Å². The number of alkyl halides is 3. The van der Waals surface area contributed by atoms with Crippen molar-refractivity contribution in [3.8, 4) is 5.75 Å². The molecular formula is C25H27F3N4O5S. The summed E-state index contributed by atoms with van der Waals surface area (Å²) < 4.78 is 69.6. The molecule has 3 aromatic rings. The highest BCUT2D eigenvalue weighted by atomic mass is 32.2. The zero-order valence-corrected chi connectivity index (χ0v) is 21.5. The molecular weight excluding hydrogens is 525 g/mol. The SMILES string of the molecule is CCc1cnc(N(CCNS(=O)(=O)c2cc(C)cc(CC(=O)O)c2)Cc2ccc(OC(F)(F)F)cc2)nc1. The van der Waals surface area contributed by atoms with Gasteiger partial charge < -0.3 is 14.7 Å². The van der Waals surface area contributed by atoms with Crippen LogP contribution in [-0.4, -0.2) is 48.9 Å². The fraction of sp³-hybridized carbons (Fsp3) is 0.320. The Labute approximate surface area is 218 Å². The number of anilines is 1. The Morgan fingerprint density at radius 1 is 1.05 bits per heavy atom. The average Bonchev–Trinajstić information content (AvgIpc) is 2.83. The van der Waals surface area contributed by atoms with Gasteiger partial charge in [0.15, 0.2) is 0 Å². The predicted octanol–water partition coefficient (Wildman–Crippen LogP) is 3.86. The molecule has 3 rings (SSSR count). The molecule has 9 nitrogen and oxygen atoms in total. The van der Waals surface area contributed by atoms with E-state index in [0.29, 0.717) is 22.6 Å². The van der Waals surface area contributed by atoms with E-state index in [1.54, 1.807) is 30.3 Å². The lowest BCUT2D eigenvalue weighted by molar-refractivity contribution is -0.274. The fourth-order valence-electron chi connectivity index (χ4n) is 3.62. The van der Waals surface area contributed by atoms with Crippen LogP contribution in [0.1, 0.15) is 29.2 Å². The minimum atomic E-state index is -4.80. The number of benzene rings is 2. The second-order valence-corrected chi connectivity index (χ2v) is 10.2. The molecule has 2 N–H and O–H groups in total. The number of nitrogens with one attached hydrogen (secondary N) is 1. The molecule has 0 saturated heterocycles. The molecule has 0 radical (unpaired) electrons. The Kier molecular flexibility index (Phi) is 9.28. The van der Waals surface area contributed by atoms with E-state index in [4.69, 9.17) is 5.11 Å². The molecule has 0 fully saturated rings. The second-order valence-electron chi connectivity index (χ2n) is 8.48. The highest BCUT2D eigenvalue weighted by molar-refractivity contribution is 7.89. The molecule has 0 saturated carbocycles. The molecule has 0 spiro atoms. The number of nitrogens with zero attached hydrogens (tertiary/aromatic N) is 3. The standard InChI is InChI=1S/C25H27F3N4O5S/c1-3-18-14-29-24(30-15-18)32(16-19-4-6-21(7-5-19)37-25(26,27)28)9-8-31-38(35,36)22-11-17(2)10-20(12-22)13-23(33)34/h4-7,10-12,14-15,31H,3,8-9,13,16H2,1-2H3,(H,33,34). The number of carboxylic acids is 1. The zero-order valence-electron chi connectivity index (χ0n) is 20.7. The van der Waals surface area contributed by atoms with E-state index in [9.17, 15) is 26.4 Å². The molecule has 0 bridgehead atoms. The van der Waals surface area contributed by atoms with Crippen molar-refractivity contribution in [1.29, 1.82) is 0 Å². The second kappa shape index (κ2) is 12.2. The van der Waals surface area contributed by atoms with Crippen molar-refractivity contribution >= 4 is 21.9 Å². The largest absolute Gasteiger partial charge is 0.573 e. The third-order valence-corrected chi connectivity index (χ3v) is 6.80. The van der Waals surface area contributed by atoms with Gasteiger partial charge in [-0.2, -0.15) is 0 Å². The summed E-state index contributed by atoms with van der Waals surface area (Å²) in [6, 6.07) is 9.69. The van der Waals surface area contributed by atoms with E-state index in [2.05, 4.69) is 19.4 Å². The summed E-state index contributed by atoms with van der Waals surface area (Å²) in [5, 5.41) is 9.04. The number of aromatic nitrogens is 2. The minimum absolute atomic E-state index is 0.0430. The first-order valence-corrected chi connectivity index (χ1v) is 13.1. The highest BCUT2D eigenvalue weighted by Crippen LogP contribution is 2.23. The number of carboxylic acid groups (broad SMARTS) is 1. The molecule has 0 amide bonds. The Hall–Kier alpha value is -3.71. The molecule has 1 heterocycles. The van der Waals surface area contributed by atoms with Crippen molar-refractivity contribution in [2.24, 2.45) is 0 Å². The molecule has 204 valence electrons. The van der Waals surface area contributed by atoms with Crippen molar-refractivity contribution in [3.05, 3.63) is 77.1 Å². The average molecular weight is 553 g/mol. The first-order chi connectivity index (χ1) is 17.8. The number of rotatable bonds is 12. The quantitative estimate of drug-likeness (QED) is 0.348. The summed E-state index contributed by atoms with van der Waals surface area (Å²) in [6.07, 6.45) is -1.09. The third kappa shape index (κ3) is 8.70.